The van der Waals surface area contributed by atoms with Crippen LogP contribution in [0.5, 0.6) is 11.5 Å². The molecule has 2 aliphatic rings. The molecule has 430 valence electrons. The number of rotatable bonds is 33. The van der Waals surface area contributed by atoms with Gasteiger partial charge in [0.05, 0.1) is 78.9 Å². The van der Waals surface area contributed by atoms with Gasteiger partial charge in [0.15, 0.2) is 11.6 Å². The molecule has 78 heavy (non-hydrogen) atoms. The maximum atomic E-state index is 14.7. The van der Waals surface area contributed by atoms with Crippen LogP contribution in [0, 0.1) is 47.3 Å². The van der Waals surface area contributed by atoms with Crippen LogP contribution in [0.15, 0.2) is 48.5 Å². The van der Waals surface area contributed by atoms with Crippen LogP contribution in [-0.4, -0.2) is 175 Å². The lowest BCUT2D eigenvalue weighted by Gasteiger charge is -2.35. The minimum Gasteiger partial charge on any atom is -0.492 e. The quantitative estimate of drug-likeness (QED) is 0.0225. The van der Waals surface area contributed by atoms with Gasteiger partial charge in [0.1, 0.15) is 41.7 Å². The molecule has 2 aliphatic heterocycles. The predicted molar refractivity (Wildman–Crippen MR) is 273 cm³/mol. The van der Waals surface area contributed by atoms with E-state index in [1.165, 1.54) is 111 Å². The Morgan fingerprint density at radius 3 is 1.58 bits per heavy atom. The van der Waals surface area contributed by atoms with Gasteiger partial charge in [-0.2, -0.15) is 0 Å². The third kappa shape index (κ3) is 15.6. The molecule has 23 heteroatoms. The standard InChI is InChI=1S/C55H74N2O21/c1-12-37(72-8)43(51(66)67)35(50(64)65)26-40(75-11)44-36(52(68)78-53(44)69)27-39(74-10)42(29(3)58)34(47(61)56-21-23-76-32-17-13-30(14-18-32)45(59)54(4,5)70)25-38(73-9)41-28(2)48(62)57(49(41)63)22-24-77-33-19-15-31(16-20-33)46(60)55(6,7)71/h13-20,28,34-44,70-71H,12,21-27H2,1-11H3,(H,56,61)(H,64,65)(H,66,67). The maximum absolute atomic E-state index is 14.7. The molecule has 0 radical (unpaired) electrons. The summed E-state index contributed by atoms with van der Waals surface area (Å²) in [6.45, 7) is 9.02. The summed E-state index contributed by atoms with van der Waals surface area (Å²) in [7, 11) is 4.83. The second-order valence-corrected chi connectivity index (χ2v) is 20.6. The van der Waals surface area contributed by atoms with E-state index in [2.05, 4.69) is 5.32 Å². The molecule has 0 spiro atoms. The molecule has 5 N–H and O–H groups in total. The summed E-state index contributed by atoms with van der Waals surface area (Å²) in [6.07, 6.45) is -6.50. The Balaban J connectivity index is 1.66. The number of aliphatic hydroxyl groups is 2. The molecule has 2 heterocycles. The molecule has 12 atom stereocenters. The van der Waals surface area contributed by atoms with E-state index in [-0.39, 0.29) is 43.9 Å². The number of nitrogens with zero attached hydrogens (tertiary/aromatic N) is 1. The lowest BCUT2D eigenvalue weighted by Crippen LogP contribution is -2.48. The average molecular weight is 1100 g/mol. The molecule has 2 saturated heterocycles. The second kappa shape index (κ2) is 27.9. The number of carboxylic acid groups (broad SMARTS) is 2. The maximum Gasteiger partial charge on any atom is 0.320 e. The Bertz CT molecular complexity index is 2480. The van der Waals surface area contributed by atoms with Crippen LogP contribution in [0.4, 0.5) is 0 Å². The number of imide groups is 1. The first-order valence-electron chi connectivity index (χ1n) is 25.5. The fourth-order valence-electron chi connectivity index (χ4n) is 10.3. The normalized spacial score (nSPS) is 20.9. The van der Waals surface area contributed by atoms with Crippen LogP contribution in [-0.2, 0) is 62.0 Å². The van der Waals surface area contributed by atoms with Crippen molar-refractivity contribution in [2.24, 2.45) is 47.3 Å². The van der Waals surface area contributed by atoms with Gasteiger partial charge in [0.25, 0.3) is 0 Å². The Hall–Kier alpha value is -6.50. The third-order valence-corrected chi connectivity index (χ3v) is 14.5. The van der Waals surface area contributed by atoms with Gasteiger partial charge in [-0.3, -0.25) is 52.8 Å². The van der Waals surface area contributed by atoms with E-state index in [9.17, 15) is 68.4 Å². The van der Waals surface area contributed by atoms with Crippen molar-refractivity contribution in [1.29, 1.82) is 0 Å². The van der Waals surface area contributed by atoms with Gasteiger partial charge in [0.2, 0.25) is 17.7 Å². The highest BCUT2D eigenvalue weighted by molar-refractivity contribution is 6.05. The number of methoxy groups -OCH3 is 4. The molecule has 0 bridgehead atoms. The zero-order valence-electron chi connectivity index (χ0n) is 45.9. The summed E-state index contributed by atoms with van der Waals surface area (Å²) in [6, 6.07) is 11.8. The van der Waals surface area contributed by atoms with Gasteiger partial charge in [-0.25, -0.2) is 0 Å². The van der Waals surface area contributed by atoms with Crippen molar-refractivity contribution in [3.63, 3.8) is 0 Å². The summed E-state index contributed by atoms with van der Waals surface area (Å²) < 4.78 is 39.4. The van der Waals surface area contributed by atoms with Gasteiger partial charge >= 0.3 is 23.9 Å². The summed E-state index contributed by atoms with van der Waals surface area (Å²) in [5.74, 6) is -19.8. The molecule has 2 fully saturated rings. The van der Waals surface area contributed by atoms with Crippen molar-refractivity contribution < 1.29 is 102 Å². The van der Waals surface area contributed by atoms with Gasteiger partial charge in [-0.1, -0.05) is 13.8 Å². The molecule has 0 aromatic heterocycles. The number of ether oxygens (including phenoxy) is 7. The zero-order chi connectivity index (χ0) is 58.6. The number of hydrogen-bond donors (Lipinski definition) is 5. The highest BCUT2D eigenvalue weighted by atomic mass is 16.6. The fourth-order valence-corrected chi connectivity index (χ4v) is 10.3. The van der Waals surface area contributed by atoms with Crippen molar-refractivity contribution in [2.45, 2.75) is 110 Å². The molecule has 2 aromatic rings. The van der Waals surface area contributed by atoms with E-state index in [0.717, 1.165) is 12.0 Å². The number of carbonyl (C=O) groups excluding carboxylic acids is 8. The average Bonchev–Trinajstić information content (AvgIpc) is 3.78. The van der Waals surface area contributed by atoms with E-state index in [0.29, 0.717) is 11.5 Å². The topological polar surface area (TPSA) is 332 Å². The molecule has 12 unspecified atom stereocenters. The summed E-state index contributed by atoms with van der Waals surface area (Å²) in [5, 5.41) is 43.5. The SMILES string of the molecule is CCC(OC)C(C(=O)O)C(CC(OC)C1C(=O)OC(=O)C1CC(OC)C(C(C)=O)C(CC(OC)C1C(=O)N(CCOc2ccc(C(=O)C(C)(C)O)cc2)C(=O)C1C)C(=O)NCCOc1ccc(C(=O)C(C)(C)O)cc1)C(=O)O. The highest BCUT2D eigenvalue weighted by Crippen LogP contribution is 2.41. The number of esters is 2. The van der Waals surface area contributed by atoms with Gasteiger partial charge in [-0.15, -0.1) is 0 Å². The highest BCUT2D eigenvalue weighted by Gasteiger charge is 2.55. The number of Topliss-reactive ketones (excluding diaryl/α,β-unsaturated/α-hetero) is 3. The number of carboxylic acids is 2. The number of aliphatic carboxylic acids is 2. The number of carbonyl (C=O) groups is 10. The number of benzene rings is 2. The number of cyclic esters (lactones) is 2. The van der Waals surface area contributed by atoms with E-state index < -0.39 is 161 Å². The van der Waals surface area contributed by atoms with Crippen molar-refractivity contribution in [2.75, 3.05) is 54.7 Å². The van der Waals surface area contributed by atoms with E-state index >= 15 is 0 Å². The van der Waals surface area contributed by atoms with Crippen LogP contribution >= 0.6 is 0 Å². The number of nitrogens with one attached hydrogen (secondary N) is 1. The van der Waals surface area contributed by atoms with Crippen LogP contribution in [0.3, 0.4) is 0 Å². The molecule has 3 amide bonds. The molecule has 4 rings (SSSR count). The fraction of sp³-hybridized carbons (Fsp3) is 0.600. The van der Waals surface area contributed by atoms with Gasteiger partial charge in [0, 0.05) is 45.5 Å². The van der Waals surface area contributed by atoms with Crippen molar-refractivity contribution >= 4 is 58.9 Å². The van der Waals surface area contributed by atoms with Gasteiger partial charge in [-0.05, 0) is 109 Å². The van der Waals surface area contributed by atoms with E-state index in [4.69, 9.17) is 33.2 Å². The monoisotopic (exact) mass is 1100 g/mol. The number of amides is 3. The number of likely N-dealkylation sites (tertiary alicyclic amines) is 1. The first-order chi connectivity index (χ1) is 36.6. The summed E-state index contributed by atoms with van der Waals surface area (Å²) in [5.41, 5.74) is -2.77. The summed E-state index contributed by atoms with van der Waals surface area (Å²) in [4.78, 5) is 135. The van der Waals surface area contributed by atoms with Crippen LogP contribution in [0.25, 0.3) is 0 Å². The Morgan fingerprint density at radius 1 is 0.654 bits per heavy atom. The number of ketones is 3. The molecule has 0 saturated carbocycles. The Labute approximate surface area is 452 Å². The minimum atomic E-state index is -1.69. The predicted octanol–water partition coefficient (Wildman–Crippen LogP) is 2.97. The third-order valence-electron chi connectivity index (χ3n) is 14.5. The summed E-state index contributed by atoms with van der Waals surface area (Å²) >= 11 is 0. The van der Waals surface area contributed by atoms with Gasteiger partial charge < -0.3 is 58.9 Å². The molecule has 23 nitrogen and oxygen atoms in total. The largest absolute Gasteiger partial charge is 0.492 e. The number of hydrogen-bond acceptors (Lipinski definition) is 19. The van der Waals surface area contributed by atoms with E-state index in [1.54, 1.807) is 6.92 Å². The smallest absolute Gasteiger partial charge is 0.320 e. The van der Waals surface area contributed by atoms with Crippen LogP contribution in [0.2, 0.25) is 0 Å². The molecule has 2 aromatic carbocycles. The zero-order valence-corrected chi connectivity index (χ0v) is 45.9. The van der Waals surface area contributed by atoms with Crippen molar-refractivity contribution in [1.82, 2.24) is 10.2 Å². The van der Waals surface area contributed by atoms with Crippen molar-refractivity contribution in [3.8, 4) is 11.5 Å². The van der Waals surface area contributed by atoms with Crippen LogP contribution < -0.4 is 14.8 Å². The first kappa shape index (κ1) is 64.0. The lowest BCUT2D eigenvalue weighted by atomic mass is 9.73. The van der Waals surface area contributed by atoms with Crippen LogP contribution in [0.1, 0.15) is 94.9 Å². The molecular formula is C55H74N2O21. The Kier molecular flexibility index (Phi) is 22.9. The lowest BCUT2D eigenvalue weighted by molar-refractivity contribution is -0.163. The van der Waals surface area contributed by atoms with Crippen molar-refractivity contribution in [3.05, 3.63) is 59.7 Å². The van der Waals surface area contributed by atoms with E-state index in [1.807, 2.05) is 0 Å². The molecular weight excluding hydrogens is 1020 g/mol. The first-order valence-corrected chi connectivity index (χ1v) is 25.5. The molecule has 0 aliphatic carbocycles. The Morgan fingerprint density at radius 2 is 1.14 bits per heavy atom. The minimum absolute atomic E-state index is 0.113. The second-order valence-electron chi connectivity index (χ2n) is 20.6.